The summed E-state index contributed by atoms with van der Waals surface area (Å²) in [7, 11) is -3.83. The number of nitrogens with two attached hydrogens (primary N) is 1. The Balaban J connectivity index is 2.33. The molecule has 0 radical (unpaired) electrons. The summed E-state index contributed by atoms with van der Waals surface area (Å²) < 4.78 is 40.0. The van der Waals surface area contributed by atoms with E-state index in [1.807, 2.05) is 0 Å². The molecular formula is C11H10ClFN2O2S2. The number of thiophene rings is 1. The van der Waals surface area contributed by atoms with Gasteiger partial charge in [-0.05, 0) is 29.1 Å². The summed E-state index contributed by atoms with van der Waals surface area (Å²) >= 11 is 6.62. The lowest BCUT2D eigenvalue weighted by molar-refractivity contribution is 0.600. The van der Waals surface area contributed by atoms with Gasteiger partial charge >= 0.3 is 0 Å². The molecule has 2 rings (SSSR count). The molecule has 0 aliphatic carbocycles. The van der Waals surface area contributed by atoms with Crippen molar-refractivity contribution < 1.29 is 12.8 Å². The van der Waals surface area contributed by atoms with Gasteiger partial charge in [0.05, 0.1) is 10.7 Å². The molecule has 1 aromatic heterocycles. The molecule has 0 aliphatic rings. The van der Waals surface area contributed by atoms with Gasteiger partial charge in [0, 0.05) is 6.54 Å². The standard InChI is InChI=1S/C11H10ClFN2O2S2/c12-8-2-1-3-9(11(8)13)15-19(16,17)10-4-7(5-14)6-18-10/h1-4,6,15H,5,14H2. The molecule has 0 spiro atoms. The third-order valence-electron chi connectivity index (χ3n) is 2.33. The Morgan fingerprint density at radius 2 is 2.16 bits per heavy atom. The van der Waals surface area contributed by atoms with E-state index in [1.54, 1.807) is 5.38 Å². The van der Waals surface area contributed by atoms with E-state index in [-0.39, 0.29) is 21.5 Å². The largest absolute Gasteiger partial charge is 0.326 e. The second kappa shape index (κ2) is 5.46. The third-order valence-corrected chi connectivity index (χ3v) is 5.47. The molecule has 0 bridgehead atoms. The molecule has 0 aliphatic heterocycles. The summed E-state index contributed by atoms with van der Waals surface area (Å²) in [4.78, 5) is 0. The first-order valence-electron chi connectivity index (χ1n) is 5.18. The fourth-order valence-electron chi connectivity index (χ4n) is 1.38. The monoisotopic (exact) mass is 320 g/mol. The molecule has 1 heterocycles. The molecule has 8 heteroatoms. The number of benzene rings is 1. The van der Waals surface area contributed by atoms with E-state index in [0.717, 1.165) is 11.3 Å². The van der Waals surface area contributed by atoms with Gasteiger partial charge in [-0.15, -0.1) is 11.3 Å². The first-order chi connectivity index (χ1) is 8.94. The van der Waals surface area contributed by atoms with Crippen LogP contribution < -0.4 is 10.5 Å². The summed E-state index contributed by atoms with van der Waals surface area (Å²) in [6.07, 6.45) is 0. The van der Waals surface area contributed by atoms with E-state index in [1.165, 1.54) is 24.3 Å². The first kappa shape index (κ1) is 14.3. The number of anilines is 1. The Morgan fingerprint density at radius 3 is 2.79 bits per heavy atom. The second-order valence-electron chi connectivity index (χ2n) is 3.68. The Bertz CT molecular complexity index is 700. The van der Waals surface area contributed by atoms with E-state index in [4.69, 9.17) is 17.3 Å². The Morgan fingerprint density at radius 1 is 1.42 bits per heavy atom. The summed E-state index contributed by atoms with van der Waals surface area (Å²) in [6.45, 7) is 0.248. The summed E-state index contributed by atoms with van der Waals surface area (Å²) in [5.41, 5.74) is 5.94. The van der Waals surface area contributed by atoms with Gasteiger partial charge in [-0.3, -0.25) is 4.72 Å². The SMILES string of the molecule is NCc1csc(S(=O)(=O)Nc2cccc(Cl)c2F)c1. The Kier molecular flexibility index (Phi) is 4.10. The molecule has 1 aromatic carbocycles. The molecule has 4 nitrogen and oxygen atoms in total. The zero-order valence-electron chi connectivity index (χ0n) is 9.56. The van der Waals surface area contributed by atoms with Crippen molar-refractivity contribution in [2.45, 2.75) is 10.8 Å². The van der Waals surface area contributed by atoms with Gasteiger partial charge in [0.15, 0.2) is 5.82 Å². The molecule has 3 N–H and O–H groups in total. The minimum atomic E-state index is -3.83. The molecule has 19 heavy (non-hydrogen) atoms. The quantitative estimate of drug-likeness (QED) is 0.910. The highest BCUT2D eigenvalue weighted by Gasteiger charge is 2.19. The van der Waals surface area contributed by atoms with Crippen LogP contribution >= 0.6 is 22.9 Å². The highest BCUT2D eigenvalue weighted by atomic mass is 35.5. The van der Waals surface area contributed by atoms with Crippen LogP contribution in [0.25, 0.3) is 0 Å². The molecule has 0 fully saturated rings. The first-order valence-corrected chi connectivity index (χ1v) is 7.92. The molecule has 0 unspecified atom stereocenters. The van der Waals surface area contributed by atoms with E-state index in [0.29, 0.717) is 5.56 Å². The van der Waals surface area contributed by atoms with Crippen LogP contribution in [0.15, 0.2) is 33.9 Å². The minimum absolute atomic E-state index is 0.0762. The average molecular weight is 321 g/mol. The van der Waals surface area contributed by atoms with Crippen molar-refractivity contribution in [2.75, 3.05) is 4.72 Å². The fraction of sp³-hybridized carbons (Fsp3) is 0.0909. The highest BCUT2D eigenvalue weighted by molar-refractivity contribution is 7.94. The minimum Gasteiger partial charge on any atom is -0.326 e. The van der Waals surface area contributed by atoms with Gasteiger partial charge in [-0.25, -0.2) is 12.8 Å². The van der Waals surface area contributed by atoms with Gasteiger partial charge in [0.1, 0.15) is 4.21 Å². The van der Waals surface area contributed by atoms with Crippen LogP contribution in [-0.4, -0.2) is 8.42 Å². The van der Waals surface area contributed by atoms with Crippen molar-refractivity contribution in [3.8, 4) is 0 Å². The lowest BCUT2D eigenvalue weighted by atomic mass is 10.3. The lowest BCUT2D eigenvalue weighted by Gasteiger charge is -2.07. The van der Waals surface area contributed by atoms with E-state index in [9.17, 15) is 12.8 Å². The van der Waals surface area contributed by atoms with E-state index < -0.39 is 15.8 Å². The van der Waals surface area contributed by atoms with Gasteiger partial charge in [0.2, 0.25) is 0 Å². The number of nitrogens with one attached hydrogen (secondary N) is 1. The molecule has 2 aromatic rings. The van der Waals surface area contributed by atoms with E-state index >= 15 is 0 Å². The molecule has 0 atom stereocenters. The number of hydrogen-bond donors (Lipinski definition) is 2. The maximum Gasteiger partial charge on any atom is 0.271 e. The topological polar surface area (TPSA) is 72.2 Å². The Hall–Kier alpha value is -1.15. The van der Waals surface area contributed by atoms with Gasteiger partial charge in [0.25, 0.3) is 10.0 Å². The zero-order valence-corrected chi connectivity index (χ0v) is 11.9. The average Bonchev–Trinajstić information content (AvgIpc) is 2.84. The van der Waals surface area contributed by atoms with Gasteiger partial charge < -0.3 is 5.73 Å². The van der Waals surface area contributed by atoms with Crippen LogP contribution in [0.3, 0.4) is 0 Å². The van der Waals surface area contributed by atoms with Crippen molar-refractivity contribution in [1.29, 1.82) is 0 Å². The summed E-state index contributed by atoms with van der Waals surface area (Å²) in [5, 5.41) is 1.50. The lowest BCUT2D eigenvalue weighted by Crippen LogP contribution is -2.12. The number of halogens is 2. The maximum atomic E-state index is 13.6. The van der Waals surface area contributed by atoms with Gasteiger partial charge in [-0.2, -0.15) is 0 Å². The van der Waals surface area contributed by atoms with Crippen LogP contribution in [-0.2, 0) is 16.6 Å². The number of sulfonamides is 1. The second-order valence-corrected chi connectivity index (χ2v) is 6.91. The van der Waals surface area contributed by atoms with Crippen molar-refractivity contribution in [3.05, 3.63) is 46.0 Å². The van der Waals surface area contributed by atoms with Crippen LogP contribution in [0.5, 0.6) is 0 Å². The summed E-state index contributed by atoms with van der Waals surface area (Å²) in [6, 6.07) is 5.56. The number of rotatable bonds is 4. The zero-order chi connectivity index (χ0) is 14.0. The van der Waals surface area contributed by atoms with Crippen molar-refractivity contribution in [3.63, 3.8) is 0 Å². The fourth-order valence-corrected chi connectivity index (χ4v) is 3.83. The predicted octanol–water partition coefficient (Wildman–Crippen LogP) is 2.80. The van der Waals surface area contributed by atoms with Crippen LogP contribution in [0.2, 0.25) is 5.02 Å². The molecule has 102 valence electrons. The van der Waals surface area contributed by atoms with Crippen LogP contribution in [0, 0.1) is 5.82 Å². The smallest absolute Gasteiger partial charge is 0.271 e. The van der Waals surface area contributed by atoms with Crippen molar-refractivity contribution in [2.24, 2.45) is 5.73 Å². The van der Waals surface area contributed by atoms with E-state index in [2.05, 4.69) is 4.72 Å². The molecule has 0 saturated carbocycles. The maximum absolute atomic E-state index is 13.6. The highest BCUT2D eigenvalue weighted by Crippen LogP contribution is 2.27. The van der Waals surface area contributed by atoms with Gasteiger partial charge in [-0.1, -0.05) is 17.7 Å². The molecular weight excluding hydrogens is 311 g/mol. The van der Waals surface area contributed by atoms with Crippen molar-refractivity contribution >= 4 is 38.6 Å². The number of hydrogen-bond acceptors (Lipinski definition) is 4. The van der Waals surface area contributed by atoms with Crippen LogP contribution in [0.1, 0.15) is 5.56 Å². The van der Waals surface area contributed by atoms with Crippen LogP contribution in [0.4, 0.5) is 10.1 Å². The molecule has 0 amide bonds. The predicted molar refractivity (Wildman–Crippen MR) is 74.4 cm³/mol. The van der Waals surface area contributed by atoms with Crippen molar-refractivity contribution in [1.82, 2.24) is 0 Å². The summed E-state index contributed by atoms with van der Waals surface area (Å²) in [5.74, 6) is -0.802. The third kappa shape index (κ3) is 3.06. The normalized spacial score (nSPS) is 11.5. The Labute approximate surface area is 119 Å². The molecule has 0 saturated heterocycles.